The summed E-state index contributed by atoms with van der Waals surface area (Å²) in [6.45, 7) is 0.369. The molecule has 3 aromatic heterocycles. The molecule has 0 unspecified atom stereocenters. The molecule has 5 rings (SSSR count). The van der Waals surface area contributed by atoms with E-state index >= 15 is 0 Å². The second-order valence-electron chi connectivity index (χ2n) is 7.69. The van der Waals surface area contributed by atoms with Crippen molar-refractivity contribution in [1.82, 2.24) is 20.0 Å². The van der Waals surface area contributed by atoms with E-state index in [-0.39, 0.29) is 5.02 Å². The van der Waals surface area contributed by atoms with Gasteiger partial charge >= 0.3 is 0 Å². The molecule has 36 heavy (non-hydrogen) atoms. The Labute approximate surface area is 217 Å². The van der Waals surface area contributed by atoms with Gasteiger partial charge in [-0.2, -0.15) is 9.99 Å². The number of hydrogen-bond donors (Lipinski definition) is 2. The van der Waals surface area contributed by atoms with Crippen molar-refractivity contribution >= 4 is 55.5 Å². The summed E-state index contributed by atoms with van der Waals surface area (Å²) in [5.74, 6) is -0.533. The predicted octanol–water partition coefficient (Wildman–Crippen LogP) is 5.23. The second kappa shape index (κ2) is 9.77. The number of nitriles is 1. The minimum Gasteiger partial charge on any atom is -0.619 e. The summed E-state index contributed by atoms with van der Waals surface area (Å²) >= 11 is 9.49. The summed E-state index contributed by atoms with van der Waals surface area (Å²) in [6.07, 6.45) is 6.01. The molecule has 0 saturated heterocycles. The number of halogens is 3. The van der Waals surface area contributed by atoms with Crippen LogP contribution in [0.25, 0.3) is 16.6 Å². The monoisotopic (exact) mass is 564 g/mol. The Balaban J connectivity index is 1.44. The molecule has 0 amide bonds. The van der Waals surface area contributed by atoms with Gasteiger partial charge in [0.05, 0.1) is 40.2 Å². The molecule has 0 bridgehead atoms. The Morgan fingerprint density at radius 3 is 2.72 bits per heavy atom. The number of hydrogen-bond acceptors (Lipinski definition) is 7. The Morgan fingerprint density at radius 1 is 1.17 bits per heavy atom. The van der Waals surface area contributed by atoms with Crippen LogP contribution in [-0.2, 0) is 6.54 Å². The molecule has 0 saturated carbocycles. The zero-order valence-corrected chi connectivity index (χ0v) is 20.6. The Hall–Kier alpha value is -4.27. The van der Waals surface area contributed by atoms with Gasteiger partial charge in [0.15, 0.2) is 12.4 Å². The van der Waals surface area contributed by atoms with E-state index in [4.69, 9.17) is 11.6 Å². The number of rotatable bonds is 6. The minimum atomic E-state index is -0.533. The first-order valence-electron chi connectivity index (χ1n) is 10.5. The van der Waals surface area contributed by atoms with Gasteiger partial charge in [-0.25, -0.2) is 9.07 Å². The molecule has 5 aromatic rings. The van der Waals surface area contributed by atoms with Gasteiger partial charge in [0, 0.05) is 39.6 Å². The molecule has 0 aliphatic carbocycles. The summed E-state index contributed by atoms with van der Waals surface area (Å²) in [6, 6.07) is 13.4. The lowest BCUT2D eigenvalue weighted by Crippen LogP contribution is -2.23. The molecular weight excluding hydrogens is 551 g/mol. The fraction of sp³-hybridized carbons (Fsp3) is 0.0417. The zero-order chi connectivity index (χ0) is 25.2. The zero-order valence-electron chi connectivity index (χ0n) is 18.3. The SMILES string of the molecule is N#Cc1cnc2c(Br)cc(NCc3cn(-c4cc[n+]([O-])cc4)nn3)cc2c1Nc1ccc(F)c(Cl)c1. The standard InChI is InChI=1S/C24H15BrClFN8O/c25-20-8-16(29-12-17-13-35(33-32-17)18-3-5-34(36)6-4-18)7-19-23(14(10-28)11-30-24(19)20)31-15-1-2-22(27)21(26)9-15/h1-9,11,13,29H,12H2,(H,30,31). The van der Waals surface area contributed by atoms with Crippen LogP contribution < -0.4 is 15.4 Å². The molecule has 0 aliphatic heterocycles. The summed E-state index contributed by atoms with van der Waals surface area (Å²) in [5.41, 5.74) is 4.13. The third-order valence-corrected chi connectivity index (χ3v) is 6.19. The summed E-state index contributed by atoms with van der Waals surface area (Å²) in [4.78, 5) is 4.42. The van der Waals surface area contributed by atoms with Gasteiger partial charge in [-0.1, -0.05) is 16.8 Å². The van der Waals surface area contributed by atoms with Crippen LogP contribution in [0.4, 0.5) is 21.5 Å². The van der Waals surface area contributed by atoms with Gasteiger partial charge in [0.2, 0.25) is 0 Å². The number of anilines is 3. The summed E-state index contributed by atoms with van der Waals surface area (Å²) < 4.78 is 16.6. The quantitative estimate of drug-likeness (QED) is 0.214. The molecule has 12 heteroatoms. The first-order chi connectivity index (χ1) is 17.4. The van der Waals surface area contributed by atoms with Crippen molar-refractivity contribution < 1.29 is 9.12 Å². The molecule has 178 valence electrons. The smallest absolute Gasteiger partial charge is 0.182 e. The molecule has 0 spiro atoms. The molecule has 0 atom stereocenters. The number of nitrogens with one attached hydrogen (secondary N) is 2. The maximum absolute atomic E-state index is 13.6. The van der Waals surface area contributed by atoms with Crippen LogP contribution in [0.5, 0.6) is 0 Å². The third-order valence-electron chi connectivity index (χ3n) is 5.30. The van der Waals surface area contributed by atoms with Gasteiger partial charge in [-0.15, -0.1) is 5.10 Å². The molecule has 9 nitrogen and oxygen atoms in total. The van der Waals surface area contributed by atoms with Crippen LogP contribution in [0.2, 0.25) is 5.02 Å². The number of nitrogens with zero attached hydrogens (tertiary/aromatic N) is 6. The van der Waals surface area contributed by atoms with Crippen molar-refractivity contribution in [3.63, 3.8) is 0 Å². The molecule has 0 aliphatic rings. The average molecular weight is 566 g/mol. The lowest BCUT2D eigenvalue weighted by atomic mass is 10.1. The van der Waals surface area contributed by atoms with E-state index in [0.29, 0.717) is 55.0 Å². The van der Waals surface area contributed by atoms with Gasteiger partial charge in [0.25, 0.3) is 0 Å². The van der Waals surface area contributed by atoms with Crippen molar-refractivity contribution in [2.24, 2.45) is 0 Å². The molecule has 2 aromatic carbocycles. The lowest BCUT2D eigenvalue weighted by molar-refractivity contribution is -0.605. The predicted molar refractivity (Wildman–Crippen MR) is 136 cm³/mol. The van der Waals surface area contributed by atoms with E-state index in [1.54, 1.807) is 29.1 Å². The van der Waals surface area contributed by atoms with E-state index in [1.165, 1.54) is 30.7 Å². The average Bonchev–Trinajstić information content (AvgIpc) is 3.35. The lowest BCUT2D eigenvalue weighted by Gasteiger charge is -2.14. The minimum absolute atomic E-state index is 0.0313. The third kappa shape index (κ3) is 4.77. The van der Waals surface area contributed by atoms with Gasteiger partial charge < -0.3 is 15.8 Å². The Bertz CT molecular complexity index is 1630. The second-order valence-corrected chi connectivity index (χ2v) is 8.95. The first kappa shape index (κ1) is 23.5. The van der Waals surface area contributed by atoms with Crippen LogP contribution >= 0.6 is 27.5 Å². The molecular formula is C24H15BrClFN8O. The van der Waals surface area contributed by atoms with Crippen LogP contribution in [0.1, 0.15) is 11.3 Å². The maximum atomic E-state index is 13.6. The summed E-state index contributed by atoms with van der Waals surface area (Å²) in [7, 11) is 0. The van der Waals surface area contributed by atoms with Crippen molar-refractivity contribution in [3.8, 4) is 11.8 Å². The normalized spacial score (nSPS) is 10.8. The van der Waals surface area contributed by atoms with E-state index < -0.39 is 5.82 Å². The Kier molecular flexibility index (Phi) is 6.37. The topological polar surface area (TPSA) is 118 Å². The fourth-order valence-corrected chi connectivity index (χ4v) is 4.30. The highest BCUT2D eigenvalue weighted by molar-refractivity contribution is 9.10. The maximum Gasteiger partial charge on any atom is 0.182 e. The molecule has 0 fully saturated rings. The van der Waals surface area contributed by atoms with E-state index in [9.17, 15) is 14.9 Å². The number of pyridine rings is 2. The number of fused-ring (bicyclic) bond motifs is 1. The largest absolute Gasteiger partial charge is 0.619 e. The van der Waals surface area contributed by atoms with Crippen LogP contribution in [0.15, 0.2) is 71.7 Å². The van der Waals surface area contributed by atoms with Crippen LogP contribution in [0.3, 0.4) is 0 Å². The number of aromatic nitrogens is 5. The van der Waals surface area contributed by atoms with Gasteiger partial charge in [0.1, 0.15) is 17.6 Å². The van der Waals surface area contributed by atoms with Gasteiger partial charge in [-0.3, -0.25) is 4.98 Å². The van der Waals surface area contributed by atoms with Crippen molar-refractivity contribution in [2.75, 3.05) is 10.6 Å². The van der Waals surface area contributed by atoms with E-state index in [1.807, 2.05) is 12.1 Å². The molecule has 3 heterocycles. The Morgan fingerprint density at radius 2 is 1.97 bits per heavy atom. The molecule has 0 radical (unpaired) electrons. The highest BCUT2D eigenvalue weighted by Gasteiger charge is 2.14. The van der Waals surface area contributed by atoms with Crippen molar-refractivity contribution in [3.05, 3.63) is 99.0 Å². The highest BCUT2D eigenvalue weighted by atomic mass is 79.9. The van der Waals surface area contributed by atoms with Crippen molar-refractivity contribution in [1.29, 1.82) is 5.26 Å². The highest BCUT2D eigenvalue weighted by Crippen LogP contribution is 2.35. The van der Waals surface area contributed by atoms with Crippen LogP contribution in [-0.4, -0.2) is 20.0 Å². The first-order valence-corrected chi connectivity index (χ1v) is 11.7. The fourth-order valence-electron chi connectivity index (χ4n) is 3.56. The van der Waals surface area contributed by atoms with Gasteiger partial charge in [-0.05, 0) is 46.3 Å². The summed E-state index contributed by atoms with van der Waals surface area (Å²) in [5, 5.41) is 36.3. The van der Waals surface area contributed by atoms with Crippen LogP contribution in [0, 0.1) is 22.4 Å². The van der Waals surface area contributed by atoms with Crippen molar-refractivity contribution in [2.45, 2.75) is 6.54 Å². The number of benzene rings is 2. The molecule has 2 N–H and O–H groups in total. The van der Waals surface area contributed by atoms with E-state index in [0.717, 1.165) is 5.69 Å². The van der Waals surface area contributed by atoms with E-state index in [2.05, 4.69) is 47.9 Å².